The molecule has 0 bridgehead atoms. The van der Waals surface area contributed by atoms with Crippen molar-refractivity contribution in [2.24, 2.45) is 17.8 Å². The molecule has 25 heavy (non-hydrogen) atoms. The quantitative estimate of drug-likeness (QED) is 0.561. The molecular formula is C22H30F2O. The van der Waals surface area contributed by atoms with Gasteiger partial charge in [-0.3, -0.25) is 0 Å². The zero-order valence-electron chi connectivity index (χ0n) is 15.3. The Kier molecular flexibility index (Phi) is 6.27. The third-order valence-electron chi connectivity index (χ3n) is 6.51. The summed E-state index contributed by atoms with van der Waals surface area (Å²) >= 11 is 0. The fourth-order valence-electron chi connectivity index (χ4n) is 4.92. The molecule has 1 aromatic carbocycles. The first-order valence-corrected chi connectivity index (χ1v) is 9.71. The van der Waals surface area contributed by atoms with Crippen LogP contribution in [0.3, 0.4) is 0 Å². The van der Waals surface area contributed by atoms with E-state index in [9.17, 15) is 8.78 Å². The molecule has 2 fully saturated rings. The van der Waals surface area contributed by atoms with E-state index in [1.165, 1.54) is 57.8 Å². The lowest BCUT2D eigenvalue weighted by Crippen LogP contribution is -2.25. The monoisotopic (exact) mass is 348 g/mol. The highest BCUT2D eigenvalue weighted by atomic mass is 19.1. The molecule has 0 radical (unpaired) electrons. The van der Waals surface area contributed by atoms with Crippen molar-refractivity contribution in [3.05, 3.63) is 47.5 Å². The molecule has 138 valence electrons. The maximum absolute atomic E-state index is 14.2. The summed E-state index contributed by atoms with van der Waals surface area (Å²) in [5, 5.41) is 0. The number of methoxy groups -OCH3 is 1. The molecular weight excluding hydrogens is 318 g/mol. The zero-order valence-corrected chi connectivity index (χ0v) is 15.3. The Morgan fingerprint density at radius 2 is 1.48 bits per heavy atom. The van der Waals surface area contributed by atoms with Gasteiger partial charge in [-0.25, -0.2) is 8.78 Å². The van der Waals surface area contributed by atoms with Gasteiger partial charge in [0.25, 0.3) is 0 Å². The Morgan fingerprint density at radius 3 is 1.96 bits per heavy atom. The summed E-state index contributed by atoms with van der Waals surface area (Å²) in [5.41, 5.74) is 0.864. The van der Waals surface area contributed by atoms with Gasteiger partial charge < -0.3 is 4.74 Å². The van der Waals surface area contributed by atoms with Crippen molar-refractivity contribution >= 4 is 0 Å². The minimum atomic E-state index is -0.471. The number of ether oxygens (including phenoxy) is 1. The molecule has 0 unspecified atom stereocenters. The van der Waals surface area contributed by atoms with E-state index in [-0.39, 0.29) is 12.2 Å². The second-order valence-electron chi connectivity index (χ2n) is 7.92. The third kappa shape index (κ3) is 4.31. The van der Waals surface area contributed by atoms with E-state index in [2.05, 4.69) is 12.7 Å². The Bertz CT molecular complexity index is 559. The normalized spacial score (nSPS) is 30.2. The van der Waals surface area contributed by atoms with E-state index in [1.807, 2.05) is 0 Å². The number of hydrogen-bond donors (Lipinski definition) is 0. The van der Waals surface area contributed by atoms with Crippen LogP contribution >= 0.6 is 0 Å². The van der Waals surface area contributed by atoms with Gasteiger partial charge in [0.2, 0.25) is 0 Å². The van der Waals surface area contributed by atoms with Crippen LogP contribution in [0.25, 0.3) is 0 Å². The average Bonchev–Trinajstić information content (AvgIpc) is 2.65. The minimum Gasteiger partial charge on any atom is -0.380 e. The van der Waals surface area contributed by atoms with Crippen LogP contribution in [-0.4, -0.2) is 7.11 Å². The first-order chi connectivity index (χ1) is 12.1. The largest absolute Gasteiger partial charge is 0.380 e. The highest BCUT2D eigenvalue weighted by molar-refractivity contribution is 5.28. The zero-order chi connectivity index (χ0) is 17.8. The van der Waals surface area contributed by atoms with Crippen molar-refractivity contribution in [1.29, 1.82) is 0 Å². The summed E-state index contributed by atoms with van der Waals surface area (Å²) < 4.78 is 33.2. The summed E-state index contributed by atoms with van der Waals surface area (Å²) in [5.74, 6) is 1.70. The van der Waals surface area contributed by atoms with Crippen LogP contribution in [0.1, 0.15) is 68.4 Å². The molecule has 0 saturated heterocycles. The van der Waals surface area contributed by atoms with E-state index >= 15 is 0 Å². The molecule has 3 heteroatoms. The van der Waals surface area contributed by atoms with Crippen LogP contribution < -0.4 is 0 Å². The van der Waals surface area contributed by atoms with Gasteiger partial charge in [-0.15, -0.1) is 6.58 Å². The second-order valence-corrected chi connectivity index (χ2v) is 7.92. The van der Waals surface area contributed by atoms with Gasteiger partial charge in [0.15, 0.2) is 0 Å². The Balaban J connectivity index is 1.58. The van der Waals surface area contributed by atoms with Crippen molar-refractivity contribution < 1.29 is 13.5 Å². The van der Waals surface area contributed by atoms with Crippen molar-refractivity contribution in [1.82, 2.24) is 0 Å². The molecule has 0 amide bonds. The molecule has 1 aromatic rings. The SMILES string of the molecule is C=CC1CCC(C2CCC(c3cc(F)c(COC)c(F)c3)CC2)CC1. The number of halogens is 2. The van der Waals surface area contributed by atoms with Gasteiger partial charge in [-0.1, -0.05) is 6.08 Å². The standard InChI is InChI=1S/C22H30F2O/c1-3-15-4-6-16(7-5-15)17-8-10-18(11-9-17)19-12-21(23)20(14-25-2)22(24)13-19/h3,12-13,15-18H,1,4-11,14H2,2H3. The molecule has 0 heterocycles. The van der Waals surface area contributed by atoms with Crippen LogP contribution in [-0.2, 0) is 11.3 Å². The molecule has 0 aromatic heterocycles. The predicted octanol–water partition coefficient (Wildman–Crippen LogP) is 6.38. The highest BCUT2D eigenvalue weighted by Crippen LogP contribution is 2.44. The molecule has 2 aliphatic carbocycles. The lowest BCUT2D eigenvalue weighted by molar-refractivity contribution is 0.171. The summed E-state index contributed by atoms with van der Waals surface area (Å²) in [6.07, 6.45) is 11.8. The maximum atomic E-state index is 14.2. The summed E-state index contributed by atoms with van der Waals surface area (Å²) in [6, 6.07) is 3.05. The molecule has 0 N–H and O–H groups in total. The smallest absolute Gasteiger partial charge is 0.131 e. The van der Waals surface area contributed by atoms with Gasteiger partial charge in [-0.05, 0) is 92.7 Å². The van der Waals surface area contributed by atoms with Crippen molar-refractivity contribution in [3.8, 4) is 0 Å². The summed E-state index contributed by atoms with van der Waals surface area (Å²) in [6.45, 7) is 3.91. The van der Waals surface area contributed by atoms with Crippen LogP contribution in [0.4, 0.5) is 8.78 Å². The fraction of sp³-hybridized carbons (Fsp3) is 0.636. The van der Waals surface area contributed by atoms with E-state index < -0.39 is 11.6 Å². The van der Waals surface area contributed by atoms with Crippen molar-refractivity contribution in [3.63, 3.8) is 0 Å². The van der Waals surface area contributed by atoms with Gasteiger partial charge >= 0.3 is 0 Å². The van der Waals surface area contributed by atoms with E-state index in [1.54, 1.807) is 0 Å². The number of benzene rings is 1. The molecule has 3 rings (SSSR count). The minimum absolute atomic E-state index is 0.0158. The first kappa shape index (κ1) is 18.6. The van der Waals surface area contributed by atoms with Crippen LogP contribution in [0, 0.1) is 29.4 Å². The maximum Gasteiger partial charge on any atom is 0.131 e. The Hall–Kier alpha value is -1.22. The van der Waals surface area contributed by atoms with Crippen molar-refractivity contribution in [2.45, 2.75) is 63.9 Å². The summed E-state index contributed by atoms with van der Waals surface area (Å²) in [7, 11) is 1.45. The Morgan fingerprint density at radius 1 is 0.960 bits per heavy atom. The molecule has 1 nitrogen and oxygen atoms in total. The third-order valence-corrected chi connectivity index (χ3v) is 6.51. The number of allylic oxidation sites excluding steroid dienone is 1. The van der Waals surface area contributed by atoms with E-state index in [0.29, 0.717) is 11.8 Å². The van der Waals surface area contributed by atoms with Gasteiger partial charge in [0.1, 0.15) is 11.6 Å². The molecule has 0 aliphatic heterocycles. The Labute approximate surface area is 150 Å². The number of rotatable bonds is 5. The second kappa shape index (κ2) is 8.44. The average molecular weight is 348 g/mol. The predicted molar refractivity (Wildman–Crippen MR) is 97.4 cm³/mol. The summed E-state index contributed by atoms with van der Waals surface area (Å²) in [4.78, 5) is 0. The van der Waals surface area contributed by atoms with Crippen LogP contribution in [0.2, 0.25) is 0 Å². The molecule has 2 saturated carbocycles. The lowest BCUT2D eigenvalue weighted by Gasteiger charge is -2.37. The van der Waals surface area contributed by atoms with Gasteiger partial charge in [0, 0.05) is 12.7 Å². The fourth-order valence-corrected chi connectivity index (χ4v) is 4.92. The first-order valence-electron chi connectivity index (χ1n) is 9.71. The molecule has 0 atom stereocenters. The van der Waals surface area contributed by atoms with Gasteiger partial charge in [-0.2, -0.15) is 0 Å². The van der Waals surface area contributed by atoms with Crippen molar-refractivity contribution in [2.75, 3.05) is 7.11 Å². The van der Waals surface area contributed by atoms with Gasteiger partial charge in [0.05, 0.1) is 6.61 Å². The highest BCUT2D eigenvalue weighted by Gasteiger charge is 2.31. The number of hydrogen-bond acceptors (Lipinski definition) is 1. The molecule has 2 aliphatic rings. The van der Waals surface area contributed by atoms with E-state index in [0.717, 1.165) is 30.2 Å². The molecule has 0 spiro atoms. The topological polar surface area (TPSA) is 9.23 Å². The lowest BCUT2D eigenvalue weighted by atomic mass is 9.68. The van der Waals surface area contributed by atoms with Crippen LogP contribution in [0.15, 0.2) is 24.8 Å². The van der Waals surface area contributed by atoms with Crippen LogP contribution in [0.5, 0.6) is 0 Å². The van der Waals surface area contributed by atoms with E-state index in [4.69, 9.17) is 4.74 Å².